The van der Waals surface area contributed by atoms with Crippen molar-refractivity contribution in [3.63, 3.8) is 0 Å². The van der Waals surface area contributed by atoms with Crippen LogP contribution in [0.2, 0.25) is 0 Å². The van der Waals surface area contributed by atoms with Crippen molar-refractivity contribution < 1.29 is 19.4 Å². The second-order valence-electron chi connectivity index (χ2n) is 9.10. The van der Waals surface area contributed by atoms with E-state index in [0.29, 0.717) is 39.3 Å². The molecule has 1 aliphatic heterocycles. The molecule has 3 N–H and O–H groups in total. The number of aromatic nitrogens is 2. The van der Waals surface area contributed by atoms with Crippen molar-refractivity contribution in [1.29, 1.82) is 0 Å². The van der Waals surface area contributed by atoms with Crippen molar-refractivity contribution in [3.05, 3.63) is 77.6 Å². The molecule has 0 saturated carbocycles. The van der Waals surface area contributed by atoms with Gasteiger partial charge in [0.1, 0.15) is 22.7 Å². The fraction of sp³-hybridized carbons (Fsp3) is 0.222. The van der Waals surface area contributed by atoms with Gasteiger partial charge in [-0.25, -0.2) is 4.98 Å². The molecule has 0 radical (unpaired) electrons. The summed E-state index contributed by atoms with van der Waals surface area (Å²) in [6.07, 6.45) is 3.23. The number of aryl methyl sites for hydroxylation is 1. The number of aliphatic hydroxyl groups is 1. The second-order valence-corrected chi connectivity index (χ2v) is 9.10. The molecule has 0 fully saturated rings. The summed E-state index contributed by atoms with van der Waals surface area (Å²) in [6, 6.07) is 14.8. The molecule has 178 valence electrons. The minimum absolute atomic E-state index is 0.139. The van der Waals surface area contributed by atoms with Crippen LogP contribution in [0, 0.1) is 6.92 Å². The van der Waals surface area contributed by atoms with E-state index in [4.69, 9.17) is 4.74 Å². The summed E-state index contributed by atoms with van der Waals surface area (Å²) in [5.74, 6) is 1.02. The summed E-state index contributed by atoms with van der Waals surface area (Å²) in [4.78, 5) is 35.7. The number of hydrogen-bond acceptors (Lipinski definition) is 6. The van der Waals surface area contributed by atoms with Gasteiger partial charge in [0.05, 0.1) is 35.1 Å². The lowest BCUT2D eigenvalue weighted by Gasteiger charge is -2.39. The SMILES string of the molecule is Cc1cc(Oc2ccccc2)ccc1C(=O)c1c[nH]c2ncc3c(c12)NC(C)(C)C(=O)N3CCO. The molecular formula is C27H26N4O4. The van der Waals surface area contributed by atoms with E-state index in [1.54, 1.807) is 38.4 Å². The van der Waals surface area contributed by atoms with Gasteiger partial charge >= 0.3 is 0 Å². The first kappa shape index (κ1) is 22.6. The number of anilines is 2. The lowest BCUT2D eigenvalue weighted by Crippen LogP contribution is -2.54. The quantitative estimate of drug-likeness (QED) is 0.360. The number of β-amino-alcohol motifs (C(OH)–C–C–N with tert-alkyl or cyclic N) is 1. The Kier molecular flexibility index (Phi) is 5.53. The van der Waals surface area contributed by atoms with Gasteiger partial charge in [-0.15, -0.1) is 0 Å². The molecule has 8 nitrogen and oxygen atoms in total. The van der Waals surface area contributed by atoms with Crippen LogP contribution in [0.1, 0.15) is 35.3 Å². The first-order valence-corrected chi connectivity index (χ1v) is 11.4. The number of hydrogen-bond donors (Lipinski definition) is 3. The first-order chi connectivity index (χ1) is 16.8. The number of carbonyl (C=O) groups is 2. The second kappa shape index (κ2) is 8.56. The number of ketones is 1. The van der Waals surface area contributed by atoms with Gasteiger partial charge in [-0.3, -0.25) is 9.59 Å². The van der Waals surface area contributed by atoms with Crippen LogP contribution in [-0.4, -0.2) is 45.5 Å². The Morgan fingerprint density at radius 1 is 1.11 bits per heavy atom. The number of rotatable bonds is 6. The third kappa shape index (κ3) is 3.91. The summed E-state index contributed by atoms with van der Waals surface area (Å²) in [6.45, 7) is 5.38. The summed E-state index contributed by atoms with van der Waals surface area (Å²) >= 11 is 0. The van der Waals surface area contributed by atoms with E-state index >= 15 is 0 Å². The zero-order chi connectivity index (χ0) is 24.7. The van der Waals surface area contributed by atoms with E-state index in [2.05, 4.69) is 15.3 Å². The number of nitrogens with one attached hydrogen (secondary N) is 2. The molecule has 0 aliphatic carbocycles. The molecule has 1 aliphatic rings. The molecule has 1 amide bonds. The smallest absolute Gasteiger partial charge is 0.252 e. The Bertz CT molecular complexity index is 1440. The maximum absolute atomic E-state index is 13.7. The Labute approximate surface area is 202 Å². The third-order valence-electron chi connectivity index (χ3n) is 6.18. The van der Waals surface area contributed by atoms with Crippen molar-refractivity contribution in [2.24, 2.45) is 0 Å². The van der Waals surface area contributed by atoms with Crippen LogP contribution < -0.4 is 15.0 Å². The highest BCUT2D eigenvalue weighted by Crippen LogP contribution is 2.41. The number of aliphatic hydroxyl groups excluding tert-OH is 1. The Balaban J connectivity index is 1.56. The summed E-state index contributed by atoms with van der Waals surface area (Å²) < 4.78 is 5.90. The fourth-order valence-corrected chi connectivity index (χ4v) is 4.45. The van der Waals surface area contributed by atoms with E-state index in [1.165, 1.54) is 4.90 Å². The molecule has 0 bridgehead atoms. The average molecular weight is 471 g/mol. The fourth-order valence-electron chi connectivity index (χ4n) is 4.45. The van der Waals surface area contributed by atoms with Crippen molar-refractivity contribution in [2.75, 3.05) is 23.4 Å². The maximum atomic E-state index is 13.7. The number of benzene rings is 2. The van der Waals surface area contributed by atoms with Gasteiger partial charge in [-0.2, -0.15) is 0 Å². The number of fused-ring (bicyclic) bond motifs is 3. The number of nitrogens with zero attached hydrogens (tertiary/aromatic N) is 2. The number of aromatic amines is 1. The maximum Gasteiger partial charge on any atom is 0.252 e. The number of amides is 1. The average Bonchev–Trinajstić information content (AvgIpc) is 3.27. The Morgan fingerprint density at radius 3 is 2.60 bits per heavy atom. The highest BCUT2D eigenvalue weighted by atomic mass is 16.5. The van der Waals surface area contributed by atoms with E-state index in [0.717, 1.165) is 11.3 Å². The van der Waals surface area contributed by atoms with Crippen LogP contribution in [0.3, 0.4) is 0 Å². The molecule has 0 saturated heterocycles. The monoisotopic (exact) mass is 470 g/mol. The normalized spacial score (nSPS) is 14.5. The molecule has 2 aromatic carbocycles. The predicted molar refractivity (Wildman–Crippen MR) is 134 cm³/mol. The van der Waals surface area contributed by atoms with Gasteiger partial charge in [-0.1, -0.05) is 18.2 Å². The van der Waals surface area contributed by atoms with Gasteiger partial charge in [0.15, 0.2) is 5.78 Å². The lowest BCUT2D eigenvalue weighted by atomic mass is 9.94. The van der Waals surface area contributed by atoms with Gasteiger partial charge < -0.3 is 25.0 Å². The van der Waals surface area contributed by atoms with Crippen molar-refractivity contribution >= 4 is 34.1 Å². The van der Waals surface area contributed by atoms with Crippen LogP contribution in [0.25, 0.3) is 11.0 Å². The molecule has 8 heteroatoms. The number of carbonyl (C=O) groups excluding carboxylic acids is 2. The van der Waals surface area contributed by atoms with Crippen LogP contribution in [0.4, 0.5) is 11.4 Å². The van der Waals surface area contributed by atoms with E-state index in [1.807, 2.05) is 43.3 Å². The molecule has 2 aromatic heterocycles. The molecule has 4 aromatic rings. The highest BCUT2D eigenvalue weighted by molar-refractivity contribution is 6.22. The van der Waals surface area contributed by atoms with Gasteiger partial charge in [-0.05, 0) is 56.7 Å². The molecule has 0 unspecified atom stereocenters. The van der Waals surface area contributed by atoms with Gasteiger partial charge in [0.2, 0.25) is 0 Å². The number of ether oxygens (including phenoxy) is 1. The van der Waals surface area contributed by atoms with Gasteiger partial charge in [0, 0.05) is 18.3 Å². The summed E-state index contributed by atoms with van der Waals surface area (Å²) in [5, 5.41) is 13.4. The highest BCUT2D eigenvalue weighted by Gasteiger charge is 2.40. The molecular weight excluding hydrogens is 444 g/mol. The zero-order valence-corrected chi connectivity index (χ0v) is 19.8. The molecule has 3 heterocycles. The van der Waals surface area contributed by atoms with Crippen LogP contribution >= 0.6 is 0 Å². The minimum atomic E-state index is -0.916. The molecule has 5 rings (SSSR count). The zero-order valence-electron chi connectivity index (χ0n) is 19.8. The van der Waals surface area contributed by atoms with Gasteiger partial charge in [0.25, 0.3) is 5.91 Å². The number of H-pyrrole nitrogens is 1. The standard InChI is InChI=1S/C27H26N4O4/c1-16-13-18(35-17-7-5-4-6-8-17)9-10-19(16)24(33)20-14-28-25-22(20)23-21(15-29-25)31(11-12-32)26(34)27(2,3)30-23/h4-10,13-15,30,32H,11-12H2,1-3H3,(H,28,29). The molecule has 0 spiro atoms. The summed E-state index contributed by atoms with van der Waals surface area (Å²) in [5.41, 5.74) is 2.57. The van der Waals surface area contributed by atoms with Crippen molar-refractivity contribution in [3.8, 4) is 11.5 Å². The van der Waals surface area contributed by atoms with E-state index < -0.39 is 5.54 Å². The van der Waals surface area contributed by atoms with E-state index in [-0.39, 0.29) is 24.8 Å². The third-order valence-corrected chi connectivity index (χ3v) is 6.18. The topological polar surface area (TPSA) is 108 Å². The molecule has 35 heavy (non-hydrogen) atoms. The first-order valence-electron chi connectivity index (χ1n) is 11.4. The summed E-state index contributed by atoms with van der Waals surface area (Å²) in [7, 11) is 0. The Morgan fingerprint density at radius 2 is 1.89 bits per heavy atom. The van der Waals surface area contributed by atoms with Crippen LogP contribution in [0.15, 0.2) is 60.9 Å². The molecule has 0 atom stereocenters. The van der Waals surface area contributed by atoms with Crippen LogP contribution in [0.5, 0.6) is 11.5 Å². The predicted octanol–water partition coefficient (Wildman–Crippen LogP) is 4.42. The van der Waals surface area contributed by atoms with Crippen molar-refractivity contribution in [2.45, 2.75) is 26.3 Å². The number of pyridine rings is 1. The Hall–Kier alpha value is -4.17. The van der Waals surface area contributed by atoms with Crippen LogP contribution in [-0.2, 0) is 4.79 Å². The number of para-hydroxylation sites is 1. The van der Waals surface area contributed by atoms with E-state index in [9.17, 15) is 14.7 Å². The largest absolute Gasteiger partial charge is 0.457 e. The minimum Gasteiger partial charge on any atom is -0.457 e. The lowest BCUT2D eigenvalue weighted by molar-refractivity contribution is -0.122. The van der Waals surface area contributed by atoms with Crippen molar-refractivity contribution in [1.82, 2.24) is 9.97 Å².